The highest BCUT2D eigenvalue weighted by molar-refractivity contribution is 5.63. The van der Waals surface area contributed by atoms with Gasteiger partial charge in [0.05, 0.1) is 0 Å². The highest BCUT2D eigenvalue weighted by Crippen LogP contribution is 2.47. The first-order valence-electron chi connectivity index (χ1n) is 7.68. The summed E-state index contributed by atoms with van der Waals surface area (Å²) < 4.78 is 0. The molecule has 0 nitrogen and oxygen atoms in total. The van der Waals surface area contributed by atoms with E-state index in [0.29, 0.717) is 17.8 Å². The second-order valence-electron chi connectivity index (χ2n) is 6.41. The Kier molecular flexibility index (Phi) is 3.20. The van der Waals surface area contributed by atoms with Gasteiger partial charge >= 0.3 is 0 Å². The van der Waals surface area contributed by atoms with Gasteiger partial charge in [0, 0.05) is 5.92 Å². The quantitative estimate of drug-likeness (QED) is 0.639. The van der Waals surface area contributed by atoms with Gasteiger partial charge in [-0.2, -0.15) is 0 Å². The summed E-state index contributed by atoms with van der Waals surface area (Å²) in [7, 11) is 0. The number of benzene rings is 1. The van der Waals surface area contributed by atoms with E-state index in [9.17, 15) is 0 Å². The van der Waals surface area contributed by atoms with Gasteiger partial charge in [0.15, 0.2) is 0 Å². The third-order valence-corrected chi connectivity index (χ3v) is 5.57. The van der Waals surface area contributed by atoms with Crippen molar-refractivity contribution < 1.29 is 0 Å². The Balaban J connectivity index is 1.97. The molecule has 0 radical (unpaired) electrons. The van der Waals surface area contributed by atoms with E-state index in [1.165, 1.54) is 22.3 Å². The maximum atomic E-state index is 2.40. The van der Waals surface area contributed by atoms with Crippen LogP contribution in [0.15, 0.2) is 52.6 Å². The summed E-state index contributed by atoms with van der Waals surface area (Å²) in [5, 5.41) is 0. The van der Waals surface area contributed by atoms with Gasteiger partial charge in [0.1, 0.15) is 0 Å². The van der Waals surface area contributed by atoms with E-state index in [2.05, 4.69) is 71.0 Å². The average Bonchev–Trinajstić information content (AvgIpc) is 2.96. The number of hydrogen-bond acceptors (Lipinski definition) is 0. The Bertz CT molecular complexity index is 640. The average molecular weight is 264 g/mol. The van der Waals surface area contributed by atoms with Gasteiger partial charge in [-0.15, -0.1) is 0 Å². The van der Waals surface area contributed by atoms with Crippen molar-refractivity contribution in [3.05, 3.63) is 63.8 Å². The van der Waals surface area contributed by atoms with Gasteiger partial charge in [-0.25, -0.2) is 0 Å². The molecule has 0 amide bonds. The Morgan fingerprint density at radius 2 is 1.70 bits per heavy atom. The lowest BCUT2D eigenvalue weighted by atomic mass is 9.78. The molecule has 3 atom stereocenters. The van der Waals surface area contributed by atoms with E-state index in [4.69, 9.17) is 0 Å². The summed E-state index contributed by atoms with van der Waals surface area (Å²) in [6, 6.07) is 8.82. The molecule has 0 heterocycles. The summed E-state index contributed by atoms with van der Waals surface area (Å²) >= 11 is 0. The number of hydrogen-bond donors (Lipinski definition) is 0. The van der Waals surface area contributed by atoms with Crippen LogP contribution < -0.4 is 0 Å². The van der Waals surface area contributed by atoms with Gasteiger partial charge in [-0.3, -0.25) is 0 Å². The van der Waals surface area contributed by atoms with Crippen LogP contribution in [-0.2, 0) is 0 Å². The first-order valence-corrected chi connectivity index (χ1v) is 7.68. The maximum absolute atomic E-state index is 2.40. The SMILES string of the molecule is CC1=C(C)C(C)C(C(C)C2C=Cc3ccccc32)=C1C. The van der Waals surface area contributed by atoms with E-state index in [0.717, 1.165) is 0 Å². The van der Waals surface area contributed by atoms with E-state index in [1.54, 1.807) is 11.1 Å². The first kappa shape index (κ1) is 13.4. The molecule has 104 valence electrons. The van der Waals surface area contributed by atoms with Crippen LogP contribution in [0.3, 0.4) is 0 Å². The fourth-order valence-corrected chi connectivity index (χ4v) is 4.04. The van der Waals surface area contributed by atoms with Crippen LogP contribution in [0.5, 0.6) is 0 Å². The second kappa shape index (κ2) is 4.77. The van der Waals surface area contributed by atoms with E-state index in [1.807, 2.05) is 0 Å². The molecule has 0 fully saturated rings. The van der Waals surface area contributed by atoms with E-state index >= 15 is 0 Å². The third kappa shape index (κ3) is 1.82. The van der Waals surface area contributed by atoms with Crippen molar-refractivity contribution in [3.8, 4) is 0 Å². The van der Waals surface area contributed by atoms with Crippen molar-refractivity contribution in [2.24, 2.45) is 11.8 Å². The van der Waals surface area contributed by atoms with Gasteiger partial charge in [-0.05, 0) is 54.9 Å². The molecule has 0 saturated heterocycles. The minimum atomic E-state index is 0.539. The second-order valence-corrected chi connectivity index (χ2v) is 6.41. The number of fused-ring (bicyclic) bond motifs is 1. The molecule has 0 heteroatoms. The minimum Gasteiger partial charge on any atom is -0.0758 e. The van der Waals surface area contributed by atoms with Crippen molar-refractivity contribution >= 4 is 6.08 Å². The lowest BCUT2D eigenvalue weighted by molar-refractivity contribution is 0.554. The highest BCUT2D eigenvalue weighted by Gasteiger charge is 2.32. The fraction of sp³-hybridized carbons (Fsp3) is 0.400. The topological polar surface area (TPSA) is 0 Å². The Morgan fingerprint density at radius 3 is 2.35 bits per heavy atom. The fourth-order valence-electron chi connectivity index (χ4n) is 4.04. The molecule has 3 unspecified atom stereocenters. The summed E-state index contributed by atoms with van der Waals surface area (Å²) in [5.41, 5.74) is 9.13. The zero-order valence-corrected chi connectivity index (χ0v) is 13.2. The van der Waals surface area contributed by atoms with Crippen molar-refractivity contribution in [1.29, 1.82) is 0 Å². The van der Waals surface area contributed by atoms with E-state index < -0.39 is 0 Å². The van der Waals surface area contributed by atoms with Crippen LogP contribution >= 0.6 is 0 Å². The van der Waals surface area contributed by atoms with Crippen LogP contribution in [0.25, 0.3) is 6.08 Å². The van der Waals surface area contributed by atoms with Crippen molar-refractivity contribution in [2.75, 3.05) is 0 Å². The standard InChI is InChI=1S/C20H24/c1-12-13(2)15(4)20(14(12)3)16(5)18-11-10-17-8-6-7-9-19(17)18/h6-11,14,16,18H,1-5H3. The summed E-state index contributed by atoms with van der Waals surface area (Å²) in [6.07, 6.45) is 4.68. The van der Waals surface area contributed by atoms with Crippen LogP contribution in [0.4, 0.5) is 0 Å². The van der Waals surface area contributed by atoms with Crippen molar-refractivity contribution in [1.82, 2.24) is 0 Å². The van der Waals surface area contributed by atoms with Crippen molar-refractivity contribution in [2.45, 2.75) is 40.5 Å². The lowest BCUT2D eigenvalue weighted by Gasteiger charge is -2.26. The Hall–Kier alpha value is -1.56. The van der Waals surface area contributed by atoms with Gasteiger partial charge < -0.3 is 0 Å². The predicted molar refractivity (Wildman–Crippen MR) is 87.6 cm³/mol. The minimum absolute atomic E-state index is 0.539. The zero-order valence-electron chi connectivity index (χ0n) is 13.2. The maximum Gasteiger partial charge on any atom is 0.00905 e. The number of rotatable bonds is 2. The lowest BCUT2D eigenvalue weighted by Crippen LogP contribution is -2.14. The van der Waals surface area contributed by atoms with Gasteiger partial charge in [0.2, 0.25) is 0 Å². The summed E-state index contributed by atoms with van der Waals surface area (Å²) in [5.74, 6) is 1.72. The van der Waals surface area contributed by atoms with Crippen LogP contribution in [0.1, 0.15) is 51.7 Å². The smallest absolute Gasteiger partial charge is 0.00905 e. The normalized spacial score (nSPS) is 26.4. The molecule has 1 aromatic carbocycles. The summed E-state index contributed by atoms with van der Waals surface area (Å²) in [6.45, 7) is 11.6. The van der Waals surface area contributed by atoms with Crippen LogP contribution in [0.2, 0.25) is 0 Å². The molecule has 20 heavy (non-hydrogen) atoms. The molecule has 0 bridgehead atoms. The molecular formula is C20H24. The first-order chi connectivity index (χ1) is 9.52. The molecular weight excluding hydrogens is 240 g/mol. The molecule has 2 aliphatic carbocycles. The third-order valence-electron chi connectivity index (χ3n) is 5.57. The largest absolute Gasteiger partial charge is 0.0758 e. The monoisotopic (exact) mass is 264 g/mol. The molecule has 1 aromatic rings. The molecule has 0 N–H and O–H groups in total. The van der Waals surface area contributed by atoms with E-state index in [-0.39, 0.29) is 0 Å². The van der Waals surface area contributed by atoms with Gasteiger partial charge in [0.25, 0.3) is 0 Å². The molecule has 0 saturated carbocycles. The Labute approximate surface area is 122 Å². The predicted octanol–water partition coefficient (Wildman–Crippen LogP) is 5.74. The zero-order chi connectivity index (χ0) is 14.4. The van der Waals surface area contributed by atoms with Crippen LogP contribution in [0, 0.1) is 11.8 Å². The molecule has 3 rings (SSSR count). The summed E-state index contributed by atoms with van der Waals surface area (Å²) in [4.78, 5) is 0. The number of allylic oxidation sites excluding steroid dienone is 5. The Morgan fingerprint density at radius 1 is 1.00 bits per heavy atom. The van der Waals surface area contributed by atoms with Crippen molar-refractivity contribution in [3.63, 3.8) is 0 Å². The highest BCUT2D eigenvalue weighted by atomic mass is 14.4. The molecule has 0 spiro atoms. The van der Waals surface area contributed by atoms with Crippen LogP contribution in [-0.4, -0.2) is 0 Å². The molecule has 2 aliphatic rings. The molecule has 0 aliphatic heterocycles. The van der Waals surface area contributed by atoms with Gasteiger partial charge in [-0.1, -0.05) is 61.4 Å². The molecule has 0 aromatic heterocycles.